The van der Waals surface area contributed by atoms with Crippen molar-refractivity contribution in [2.75, 3.05) is 13.1 Å². The Morgan fingerprint density at radius 1 is 0.839 bits per heavy atom. The number of nitrogens with zero attached hydrogens (tertiary/aromatic N) is 1. The van der Waals surface area contributed by atoms with Crippen molar-refractivity contribution in [3.05, 3.63) is 90.0 Å². The van der Waals surface area contributed by atoms with Gasteiger partial charge in [-0.05, 0) is 55.2 Å². The van der Waals surface area contributed by atoms with Crippen LogP contribution >= 0.6 is 0 Å². The fourth-order valence-electron chi connectivity index (χ4n) is 3.82. The molecule has 1 fully saturated rings. The summed E-state index contributed by atoms with van der Waals surface area (Å²) in [6, 6.07) is 24.3. The zero-order chi connectivity index (χ0) is 21.8. The number of rotatable bonds is 5. The lowest BCUT2D eigenvalue weighted by atomic mass is 10.0. The molecular weight excluding hydrogens is 408 g/mol. The van der Waals surface area contributed by atoms with Crippen LogP contribution in [0.3, 0.4) is 0 Å². The van der Waals surface area contributed by atoms with Crippen LogP contribution in [0.2, 0.25) is 0 Å². The molecule has 0 bridgehead atoms. The number of piperidine rings is 1. The van der Waals surface area contributed by atoms with Crippen molar-refractivity contribution in [2.24, 2.45) is 0 Å². The average molecular weight is 435 g/mol. The van der Waals surface area contributed by atoms with Crippen molar-refractivity contribution in [1.29, 1.82) is 0 Å². The van der Waals surface area contributed by atoms with E-state index >= 15 is 0 Å². The molecule has 0 aromatic heterocycles. The number of carbonyl (C=O) groups is 1. The van der Waals surface area contributed by atoms with E-state index in [1.165, 1.54) is 0 Å². The second-order valence-electron chi connectivity index (χ2n) is 7.94. The van der Waals surface area contributed by atoms with E-state index in [0.29, 0.717) is 31.5 Å². The summed E-state index contributed by atoms with van der Waals surface area (Å²) in [6.07, 6.45) is 1.19. The van der Waals surface area contributed by atoms with Crippen LogP contribution in [0.1, 0.15) is 28.8 Å². The van der Waals surface area contributed by atoms with Gasteiger partial charge >= 0.3 is 0 Å². The Morgan fingerprint density at radius 2 is 1.42 bits per heavy atom. The van der Waals surface area contributed by atoms with Crippen LogP contribution in [0.5, 0.6) is 0 Å². The first-order chi connectivity index (χ1) is 14.9. The van der Waals surface area contributed by atoms with E-state index in [-0.39, 0.29) is 16.8 Å². The van der Waals surface area contributed by atoms with Gasteiger partial charge < -0.3 is 4.90 Å². The third kappa shape index (κ3) is 5.03. The number of likely N-dealkylation sites (tertiary alicyclic amines) is 1. The third-order valence-corrected chi connectivity index (χ3v) is 7.21. The van der Waals surface area contributed by atoms with Crippen molar-refractivity contribution in [3.63, 3.8) is 0 Å². The highest BCUT2D eigenvalue weighted by Crippen LogP contribution is 2.21. The Bertz CT molecular complexity index is 1130. The maximum absolute atomic E-state index is 12.9. The van der Waals surface area contributed by atoms with Crippen molar-refractivity contribution in [3.8, 4) is 11.1 Å². The summed E-state index contributed by atoms with van der Waals surface area (Å²) in [5.41, 5.74) is 3.85. The van der Waals surface area contributed by atoms with Crippen LogP contribution in [0, 0.1) is 6.92 Å². The fourth-order valence-corrected chi connectivity index (χ4v) is 5.13. The van der Waals surface area contributed by atoms with Crippen molar-refractivity contribution < 1.29 is 13.2 Å². The van der Waals surface area contributed by atoms with Crippen LogP contribution in [0.4, 0.5) is 0 Å². The van der Waals surface area contributed by atoms with E-state index in [0.717, 1.165) is 16.7 Å². The molecule has 0 spiro atoms. The Morgan fingerprint density at radius 3 is 2.03 bits per heavy atom. The minimum atomic E-state index is -3.55. The molecule has 1 amide bonds. The van der Waals surface area contributed by atoms with Gasteiger partial charge in [-0.1, -0.05) is 60.2 Å². The normalized spacial score (nSPS) is 15.1. The second kappa shape index (κ2) is 9.04. The van der Waals surface area contributed by atoms with E-state index in [2.05, 4.69) is 4.72 Å². The third-order valence-electron chi connectivity index (χ3n) is 5.67. The summed E-state index contributed by atoms with van der Waals surface area (Å²) in [4.78, 5) is 15.0. The summed E-state index contributed by atoms with van der Waals surface area (Å²) in [5.74, 6) is -0.0144. The molecule has 3 aromatic rings. The summed E-state index contributed by atoms with van der Waals surface area (Å²) in [6.45, 7) is 2.98. The molecule has 4 rings (SSSR count). The largest absolute Gasteiger partial charge is 0.339 e. The minimum Gasteiger partial charge on any atom is -0.339 e. The molecule has 0 atom stereocenters. The number of carbonyl (C=O) groups excluding carboxylic acids is 1. The van der Waals surface area contributed by atoms with E-state index in [9.17, 15) is 13.2 Å². The molecule has 1 N–H and O–H groups in total. The quantitative estimate of drug-likeness (QED) is 0.653. The number of nitrogens with one attached hydrogen (secondary N) is 1. The molecule has 0 unspecified atom stereocenters. The molecule has 1 aliphatic rings. The highest BCUT2D eigenvalue weighted by Gasteiger charge is 2.27. The molecule has 0 radical (unpaired) electrons. The Kier molecular flexibility index (Phi) is 6.20. The van der Waals surface area contributed by atoms with Gasteiger partial charge in [-0.2, -0.15) is 0 Å². The molecule has 31 heavy (non-hydrogen) atoms. The van der Waals surface area contributed by atoms with Crippen molar-refractivity contribution in [2.45, 2.75) is 30.7 Å². The number of hydrogen-bond donors (Lipinski definition) is 1. The maximum Gasteiger partial charge on any atom is 0.253 e. The Balaban J connectivity index is 1.35. The van der Waals surface area contributed by atoms with Crippen LogP contribution in [-0.4, -0.2) is 38.4 Å². The molecule has 0 aliphatic carbocycles. The number of amides is 1. The first-order valence-corrected chi connectivity index (χ1v) is 11.9. The molecule has 1 aliphatic heterocycles. The number of sulfonamides is 1. The van der Waals surface area contributed by atoms with Gasteiger partial charge in [0.25, 0.3) is 5.91 Å². The van der Waals surface area contributed by atoms with Gasteiger partial charge in [-0.3, -0.25) is 4.79 Å². The second-order valence-corrected chi connectivity index (χ2v) is 9.66. The predicted octanol–water partition coefficient (Wildman–Crippen LogP) is 4.25. The summed E-state index contributed by atoms with van der Waals surface area (Å²) >= 11 is 0. The Hall–Kier alpha value is -2.96. The molecule has 0 saturated carbocycles. The van der Waals surface area contributed by atoms with Gasteiger partial charge in [-0.15, -0.1) is 0 Å². The van der Waals surface area contributed by atoms with Crippen molar-refractivity contribution in [1.82, 2.24) is 9.62 Å². The first-order valence-electron chi connectivity index (χ1n) is 10.5. The highest BCUT2D eigenvalue weighted by atomic mass is 32.2. The molecule has 5 nitrogen and oxygen atoms in total. The molecule has 1 saturated heterocycles. The van der Waals surface area contributed by atoms with Gasteiger partial charge in [-0.25, -0.2) is 13.1 Å². The van der Waals surface area contributed by atoms with Gasteiger partial charge in [0.2, 0.25) is 10.0 Å². The lowest BCUT2D eigenvalue weighted by Crippen LogP contribution is -2.46. The van der Waals surface area contributed by atoms with Crippen LogP contribution in [-0.2, 0) is 10.0 Å². The van der Waals surface area contributed by atoms with Gasteiger partial charge in [0, 0.05) is 24.7 Å². The molecule has 3 aromatic carbocycles. The standard InChI is InChI=1S/C25H26N2O3S/c1-19-7-13-24(14-8-19)31(29,30)26-23-15-17-27(18-16-23)25(28)22-11-9-21(10-12-22)20-5-3-2-4-6-20/h2-14,23,26H,15-18H2,1H3. The lowest BCUT2D eigenvalue weighted by molar-refractivity contribution is 0.0711. The van der Waals surface area contributed by atoms with Gasteiger partial charge in [0.15, 0.2) is 0 Å². The van der Waals surface area contributed by atoms with E-state index in [1.807, 2.05) is 61.5 Å². The zero-order valence-corrected chi connectivity index (χ0v) is 18.3. The highest BCUT2D eigenvalue weighted by molar-refractivity contribution is 7.89. The number of hydrogen-bond acceptors (Lipinski definition) is 3. The van der Waals surface area contributed by atoms with Gasteiger partial charge in [0.1, 0.15) is 0 Å². The van der Waals surface area contributed by atoms with E-state index in [4.69, 9.17) is 0 Å². The number of aryl methyl sites for hydroxylation is 1. The predicted molar refractivity (Wildman–Crippen MR) is 122 cm³/mol. The minimum absolute atomic E-state index is 0.0144. The van der Waals surface area contributed by atoms with E-state index in [1.54, 1.807) is 29.2 Å². The Labute approximate surface area is 183 Å². The van der Waals surface area contributed by atoms with Crippen LogP contribution in [0.15, 0.2) is 83.8 Å². The monoisotopic (exact) mass is 434 g/mol. The van der Waals surface area contributed by atoms with Crippen LogP contribution in [0.25, 0.3) is 11.1 Å². The van der Waals surface area contributed by atoms with E-state index < -0.39 is 10.0 Å². The maximum atomic E-state index is 12.9. The molecule has 6 heteroatoms. The molecule has 1 heterocycles. The zero-order valence-electron chi connectivity index (χ0n) is 17.5. The molecular formula is C25H26N2O3S. The molecule has 160 valence electrons. The fraction of sp³-hybridized carbons (Fsp3) is 0.240. The average Bonchev–Trinajstić information content (AvgIpc) is 2.80. The summed E-state index contributed by atoms with van der Waals surface area (Å²) in [7, 11) is -3.55. The first kappa shape index (κ1) is 21.3. The SMILES string of the molecule is Cc1ccc(S(=O)(=O)NC2CCN(C(=O)c3ccc(-c4ccccc4)cc3)CC2)cc1. The topological polar surface area (TPSA) is 66.5 Å². The number of benzene rings is 3. The summed E-state index contributed by atoms with van der Waals surface area (Å²) < 4.78 is 28.0. The van der Waals surface area contributed by atoms with Crippen LogP contribution < -0.4 is 4.72 Å². The van der Waals surface area contributed by atoms with Crippen molar-refractivity contribution >= 4 is 15.9 Å². The lowest BCUT2D eigenvalue weighted by Gasteiger charge is -2.32. The van der Waals surface area contributed by atoms with Gasteiger partial charge in [0.05, 0.1) is 4.90 Å². The summed E-state index contributed by atoms with van der Waals surface area (Å²) in [5, 5.41) is 0. The smallest absolute Gasteiger partial charge is 0.253 e.